The van der Waals surface area contributed by atoms with E-state index < -0.39 is 5.82 Å². The zero-order valence-corrected chi connectivity index (χ0v) is 9.74. The Morgan fingerprint density at radius 3 is 2.82 bits per heavy atom. The number of carbonyl (C=O) groups excluding carboxylic acids is 1. The van der Waals surface area contributed by atoms with Crippen LogP contribution < -0.4 is 5.73 Å². The molecule has 0 aliphatic carbocycles. The topological polar surface area (TPSA) is 46.3 Å². The Hall–Kier alpha value is -1.84. The fourth-order valence-corrected chi connectivity index (χ4v) is 1.80. The van der Waals surface area contributed by atoms with Crippen molar-refractivity contribution in [2.45, 2.75) is 13.3 Å². The lowest BCUT2D eigenvalue weighted by molar-refractivity contribution is 0.0768. The highest BCUT2D eigenvalue weighted by Crippen LogP contribution is 2.16. The molecule has 1 aromatic rings. The lowest BCUT2D eigenvalue weighted by Gasteiger charge is -2.25. The summed E-state index contributed by atoms with van der Waals surface area (Å²) >= 11 is 0. The van der Waals surface area contributed by atoms with Crippen LogP contribution in [0.2, 0.25) is 0 Å². The molecule has 4 heteroatoms. The number of nitrogens with zero attached hydrogens (tertiary/aromatic N) is 1. The van der Waals surface area contributed by atoms with Gasteiger partial charge in [-0.3, -0.25) is 4.79 Å². The minimum absolute atomic E-state index is 0.0657. The van der Waals surface area contributed by atoms with E-state index in [4.69, 9.17) is 5.73 Å². The molecule has 0 unspecified atom stereocenters. The molecule has 2 N–H and O–H groups in total. The van der Waals surface area contributed by atoms with Crippen LogP contribution in [0.25, 0.3) is 0 Å². The van der Waals surface area contributed by atoms with Crippen LogP contribution in [0.15, 0.2) is 29.8 Å². The summed E-state index contributed by atoms with van der Waals surface area (Å²) in [6, 6.07) is 4.18. The molecule has 3 nitrogen and oxygen atoms in total. The van der Waals surface area contributed by atoms with Gasteiger partial charge in [-0.25, -0.2) is 4.39 Å². The molecule has 0 fully saturated rings. The first-order chi connectivity index (χ1) is 8.08. The Kier molecular flexibility index (Phi) is 3.13. The third-order valence-corrected chi connectivity index (χ3v) is 2.97. The molecule has 17 heavy (non-hydrogen) atoms. The Labute approximate surface area is 99.7 Å². The maximum absolute atomic E-state index is 13.3. The average molecular weight is 234 g/mol. The van der Waals surface area contributed by atoms with Gasteiger partial charge in [-0.2, -0.15) is 0 Å². The van der Waals surface area contributed by atoms with Crippen molar-refractivity contribution in [2.24, 2.45) is 0 Å². The summed E-state index contributed by atoms with van der Waals surface area (Å²) in [5.41, 5.74) is 7.08. The standard InChI is InChI=1S/C13H15FN2O/c1-9-4-6-16(7-5-9)13(17)10-2-3-12(15)11(14)8-10/h2-4,8H,5-7,15H2,1H3. The monoisotopic (exact) mass is 234 g/mol. The van der Waals surface area contributed by atoms with Crippen molar-refractivity contribution in [3.05, 3.63) is 41.2 Å². The van der Waals surface area contributed by atoms with E-state index in [1.807, 2.05) is 13.0 Å². The largest absolute Gasteiger partial charge is 0.396 e. The van der Waals surface area contributed by atoms with E-state index in [1.54, 1.807) is 11.0 Å². The lowest BCUT2D eigenvalue weighted by atomic mass is 10.1. The van der Waals surface area contributed by atoms with Crippen molar-refractivity contribution in [3.8, 4) is 0 Å². The fraction of sp³-hybridized carbons (Fsp3) is 0.308. The normalized spacial score (nSPS) is 15.6. The number of anilines is 1. The Bertz CT molecular complexity index is 482. The SMILES string of the molecule is CC1=CCN(C(=O)c2ccc(N)c(F)c2)CC1. The van der Waals surface area contributed by atoms with Crippen molar-refractivity contribution >= 4 is 11.6 Å². The molecule has 2 rings (SSSR count). The summed E-state index contributed by atoms with van der Waals surface area (Å²) in [6.45, 7) is 3.33. The number of nitrogen functional groups attached to an aromatic ring is 1. The molecule has 1 aliphatic heterocycles. The van der Waals surface area contributed by atoms with E-state index in [0.29, 0.717) is 18.7 Å². The first-order valence-corrected chi connectivity index (χ1v) is 5.58. The zero-order chi connectivity index (χ0) is 12.4. The zero-order valence-electron chi connectivity index (χ0n) is 9.74. The average Bonchev–Trinajstić information content (AvgIpc) is 2.33. The first-order valence-electron chi connectivity index (χ1n) is 5.58. The summed E-state index contributed by atoms with van der Waals surface area (Å²) < 4.78 is 13.3. The molecule has 1 aromatic carbocycles. The maximum Gasteiger partial charge on any atom is 0.254 e. The molecule has 1 aliphatic rings. The van der Waals surface area contributed by atoms with Gasteiger partial charge in [0.25, 0.3) is 5.91 Å². The summed E-state index contributed by atoms with van der Waals surface area (Å²) in [6.07, 6.45) is 2.90. The van der Waals surface area contributed by atoms with Crippen LogP contribution in [0.3, 0.4) is 0 Å². The highest BCUT2D eigenvalue weighted by Gasteiger charge is 2.18. The summed E-state index contributed by atoms with van der Waals surface area (Å²) in [7, 11) is 0. The van der Waals surface area contributed by atoms with Crippen LogP contribution in [0.1, 0.15) is 23.7 Å². The summed E-state index contributed by atoms with van der Waals surface area (Å²) in [5, 5.41) is 0. The van der Waals surface area contributed by atoms with Crippen LogP contribution in [0.5, 0.6) is 0 Å². The van der Waals surface area contributed by atoms with Gasteiger partial charge in [0, 0.05) is 18.7 Å². The third kappa shape index (κ3) is 2.46. The first kappa shape index (κ1) is 11.6. The Morgan fingerprint density at radius 1 is 1.47 bits per heavy atom. The van der Waals surface area contributed by atoms with Gasteiger partial charge in [-0.05, 0) is 31.5 Å². The molecule has 0 atom stereocenters. The minimum atomic E-state index is -0.542. The molecule has 90 valence electrons. The molecule has 0 spiro atoms. The van der Waals surface area contributed by atoms with Crippen LogP contribution >= 0.6 is 0 Å². The van der Waals surface area contributed by atoms with Crippen molar-refractivity contribution in [3.63, 3.8) is 0 Å². The predicted molar refractivity (Wildman–Crippen MR) is 65.1 cm³/mol. The molecule has 0 radical (unpaired) electrons. The predicted octanol–water partition coefficient (Wildman–Crippen LogP) is 2.20. The number of rotatable bonds is 1. The smallest absolute Gasteiger partial charge is 0.254 e. The second kappa shape index (κ2) is 4.57. The van der Waals surface area contributed by atoms with Crippen molar-refractivity contribution in [1.82, 2.24) is 4.90 Å². The second-order valence-electron chi connectivity index (χ2n) is 4.29. The van der Waals surface area contributed by atoms with Crippen LogP contribution in [0, 0.1) is 5.82 Å². The Balaban J connectivity index is 2.17. The number of halogens is 1. The van der Waals surface area contributed by atoms with E-state index in [1.165, 1.54) is 17.7 Å². The van der Waals surface area contributed by atoms with Crippen molar-refractivity contribution < 1.29 is 9.18 Å². The maximum atomic E-state index is 13.3. The van der Waals surface area contributed by atoms with Gasteiger partial charge >= 0.3 is 0 Å². The summed E-state index contributed by atoms with van der Waals surface area (Å²) in [5.74, 6) is -0.688. The molecule has 1 heterocycles. The molecular weight excluding hydrogens is 219 g/mol. The molecule has 1 amide bonds. The van der Waals surface area contributed by atoms with Crippen LogP contribution in [-0.4, -0.2) is 23.9 Å². The van der Waals surface area contributed by atoms with E-state index in [-0.39, 0.29) is 11.6 Å². The van der Waals surface area contributed by atoms with Gasteiger partial charge < -0.3 is 10.6 Å². The number of hydrogen-bond donors (Lipinski definition) is 1. The number of carbonyl (C=O) groups is 1. The van der Waals surface area contributed by atoms with Gasteiger partial charge in [-0.1, -0.05) is 11.6 Å². The minimum Gasteiger partial charge on any atom is -0.396 e. The van der Waals surface area contributed by atoms with Crippen LogP contribution in [0.4, 0.5) is 10.1 Å². The van der Waals surface area contributed by atoms with Crippen LogP contribution in [-0.2, 0) is 0 Å². The molecule has 0 aromatic heterocycles. The van der Waals surface area contributed by atoms with E-state index >= 15 is 0 Å². The van der Waals surface area contributed by atoms with Gasteiger partial charge in [-0.15, -0.1) is 0 Å². The van der Waals surface area contributed by atoms with E-state index in [2.05, 4.69) is 0 Å². The van der Waals surface area contributed by atoms with E-state index in [0.717, 1.165) is 6.42 Å². The van der Waals surface area contributed by atoms with Gasteiger partial charge in [0.2, 0.25) is 0 Å². The second-order valence-corrected chi connectivity index (χ2v) is 4.29. The number of benzene rings is 1. The van der Waals surface area contributed by atoms with Gasteiger partial charge in [0.1, 0.15) is 5.82 Å². The molecule has 0 saturated heterocycles. The summed E-state index contributed by atoms with van der Waals surface area (Å²) in [4.78, 5) is 13.8. The number of hydrogen-bond acceptors (Lipinski definition) is 2. The van der Waals surface area contributed by atoms with E-state index in [9.17, 15) is 9.18 Å². The molecular formula is C13H15FN2O. The van der Waals surface area contributed by atoms with Gasteiger partial charge in [0.05, 0.1) is 5.69 Å². The third-order valence-electron chi connectivity index (χ3n) is 2.97. The Morgan fingerprint density at radius 2 is 2.24 bits per heavy atom. The quantitative estimate of drug-likeness (QED) is 0.598. The number of amides is 1. The molecule has 0 bridgehead atoms. The highest BCUT2D eigenvalue weighted by atomic mass is 19.1. The highest BCUT2D eigenvalue weighted by molar-refractivity contribution is 5.94. The lowest BCUT2D eigenvalue weighted by Crippen LogP contribution is -2.34. The number of nitrogens with two attached hydrogens (primary N) is 1. The van der Waals surface area contributed by atoms with Crippen molar-refractivity contribution in [2.75, 3.05) is 18.8 Å². The fourth-order valence-electron chi connectivity index (χ4n) is 1.80. The van der Waals surface area contributed by atoms with Gasteiger partial charge in [0.15, 0.2) is 0 Å². The van der Waals surface area contributed by atoms with Crippen molar-refractivity contribution in [1.29, 1.82) is 0 Å². The molecule has 0 saturated carbocycles.